The average Bonchev–Trinajstić information content (AvgIpc) is 3.13. The molecular formula is C20H17F2NO2. The second-order valence-electron chi connectivity index (χ2n) is 5.80. The molecule has 128 valence electrons. The molecule has 0 aromatic heterocycles. The molecule has 3 nitrogen and oxygen atoms in total. The monoisotopic (exact) mass is 341 g/mol. The Hall–Kier alpha value is -2.71. The molecule has 1 aliphatic rings. The van der Waals surface area contributed by atoms with Gasteiger partial charge >= 0.3 is 0 Å². The minimum Gasteiger partial charge on any atom is -0.376 e. The van der Waals surface area contributed by atoms with Crippen LogP contribution in [-0.2, 0) is 4.74 Å². The van der Waals surface area contributed by atoms with E-state index in [9.17, 15) is 13.6 Å². The third-order valence-electron chi connectivity index (χ3n) is 3.93. The highest BCUT2D eigenvalue weighted by molar-refractivity contribution is 5.94. The number of amides is 1. The van der Waals surface area contributed by atoms with E-state index in [-0.39, 0.29) is 17.6 Å². The van der Waals surface area contributed by atoms with E-state index >= 15 is 0 Å². The molecule has 0 saturated carbocycles. The van der Waals surface area contributed by atoms with Crippen molar-refractivity contribution in [3.8, 4) is 11.8 Å². The lowest BCUT2D eigenvalue weighted by Crippen LogP contribution is -2.31. The predicted molar refractivity (Wildman–Crippen MR) is 90.1 cm³/mol. The van der Waals surface area contributed by atoms with Gasteiger partial charge in [-0.05, 0) is 49.2 Å². The number of halogens is 2. The van der Waals surface area contributed by atoms with E-state index in [1.165, 1.54) is 6.07 Å². The molecule has 2 aromatic rings. The van der Waals surface area contributed by atoms with Gasteiger partial charge in [-0.2, -0.15) is 0 Å². The number of carbonyl (C=O) groups excluding carboxylic acids is 1. The summed E-state index contributed by atoms with van der Waals surface area (Å²) in [6.07, 6.45) is 2.09. The molecule has 1 heterocycles. The number of hydrogen-bond donors (Lipinski definition) is 1. The van der Waals surface area contributed by atoms with Gasteiger partial charge in [0, 0.05) is 30.3 Å². The maximum atomic E-state index is 13.5. The number of benzene rings is 2. The van der Waals surface area contributed by atoms with Crippen LogP contribution in [0.3, 0.4) is 0 Å². The smallest absolute Gasteiger partial charge is 0.251 e. The van der Waals surface area contributed by atoms with E-state index in [2.05, 4.69) is 17.2 Å². The summed E-state index contributed by atoms with van der Waals surface area (Å²) in [4.78, 5) is 12.1. The van der Waals surface area contributed by atoms with Crippen molar-refractivity contribution in [1.29, 1.82) is 0 Å². The van der Waals surface area contributed by atoms with Crippen LogP contribution in [0.15, 0.2) is 42.5 Å². The predicted octanol–water partition coefficient (Wildman–Crippen LogP) is 3.27. The van der Waals surface area contributed by atoms with Crippen LogP contribution in [0.1, 0.15) is 34.3 Å². The van der Waals surface area contributed by atoms with Crippen molar-refractivity contribution in [3.05, 3.63) is 70.8 Å². The van der Waals surface area contributed by atoms with Crippen LogP contribution in [0, 0.1) is 23.5 Å². The average molecular weight is 341 g/mol. The fraction of sp³-hybridized carbons (Fsp3) is 0.250. The molecule has 1 N–H and O–H groups in total. The topological polar surface area (TPSA) is 38.3 Å². The Morgan fingerprint density at radius 3 is 2.64 bits per heavy atom. The molecule has 5 heteroatoms. The number of rotatable bonds is 3. The molecule has 1 atom stereocenters. The molecule has 3 rings (SSSR count). The first-order chi connectivity index (χ1) is 12.1. The second kappa shape index (κ2) is 7.91. The van der Waals surface area contributed by atoms with Crippen molar-refractivity contribution >= 4 is 5.91 Å². The van der Waals surface area contributed by atoms with Gasteiger partial charge in [-0.1, -0.05) is 11.8 Å². The van der Waals surface area contributed by atoms with Gasteiger partial charge in [-0.15, -0.1) is 0 Å². The lowest BCUT2D eigenvalue weighted by atomic mass is 10.1. The normalized spacial score (nSPS) is 16.2. The molecule has 1 fully saturated rings. The summed E-state index contributed by atoms with van der Waals surface area (Å²) in [6, 6.07) is 9.96. The molecule has 0 spiro atoms. The first-order valence-corrected chi connectivity index (χ1v) is 8.09. The van der Waals surface area contributed by atoms with Gasteiger partial charge in [0.1, 0.15) is 11.6 Å². The van der Waals surface area contributed by atoms with Gasteiger partial charge in [-0.3, -0.25) is 4.79 Å². The van der Waals surface area contributed by atoms with E-state index in [1.807, 2.05) is 0 Å². The highest BCUT2D eigenvalue weighted by atomic mass is 19.1. The van der Waals surface area contributed by atoms with Crippen molar-refractivity contribution in [1.82, 2.24) is 5.32 Å². The van der Waals surface area contributed by atoms with Crippen LogP contribution in [0.2, 0.25) is 0 Å². The fourth-order valence-corrected chi connectivity index (χ4v) is 2.55. The van der Waals surface area contributed by atoms with Crippen LogP contribution < -0.4 is 5.32 Å². The minimum absolute atomic E-state index is 0.0969. The number of ether oxygens (including phenoxy) is 1. The van der Waals surface area contributed by atoms with E-state index < -0.39 is 11.6 Å². The number of carbonyl (C=O) groups is 1. The largest absolute Gasteiger partial charge is 0.376 e. The zero-order chi connectivity index (χ0) is 17.6. The van der Waals surface area contributed by atoms with Crippen LogP contribution in [0.4, 0.5) is 8.78 Å². The van der Waals surface area contributed by atoms with Crippen molar-refractivity contribution in [2.75, 3.05) is 13.2 Å². The Morgan fingerprint density at radius 1 is 1.16 bits per heavy atom. The minimum atomic E-state index is -0.697. The molecule has 1 amide bonds. The standard InChI is InChI=1S/C20H17F2NO2/c21-17-10-9-15(19(22)12-17)6-3-14-4-7-16(8-5-14)20(24)23-13-18-2-1-11-25-18/h4-5,7-10,12,18H,1-2,11,13H2,(H,23,24)/t18-/m1/s1. The fourth-order valence-electron chi connectivity index (χ4n) is 2.55. The highest BCUT2D eigenvalue weighted by Crippen LogP contribution is 2.11. The first kappa shape index (κ1) is 17.1. The van der Waals surface area contributed by atoms with E-state index in [1.54, 1.807) is 24.3 Å². The Labute approximate surface area is 145 Å². The summed E-state index contributed by atoms with van der Waals surface area (Å²) in [6.45, 7) is 1.26. The molecular weight excluding hydrogens is 324 g/mol. The molecule has 1 saturated heterocycles. The van der Waals surface area contributed by atoms with Crippen LogP contribution >= 0.6 is 0 Å². The summed E-state index contributed by atoms with van der Waals surface area (Å²) in [5.74, 6) is 3.96. The molecule has 0 radical (unpaired) electrons. The summed E-state index contributed by atoms with van der Waals surface area (Å²) >= 11 is 0. The Bertz CT molecular complexity index is 816. The van der Waals surface area contributed by atoms with Gasteiger partial charge in [0.2, 0.25) is 0 Å². The highest BCUT2D eigenvalue weighted by Gasteiger charge is 2.16. The third kappa shape index (κ3) is 4.65. The third-order valence-corrected chi connectivity index (χ3v) is 3.93. The van der Waals surface area contributed by atoms with Gasteiger partial charge in [0.15, 0.2) is 0 Å². The Balaban J connectivity index is 1.62. The Kier molecular flexibility index (Phi) is 5.42. The van der Waals surface area contributed by atoms with Crippen molar-refractivity contribution in [2.24, 2.45) is 0 Å². The van der Waals surface area contributed by atoms with Crippen molar-refractivity contribution in [3.63, 3.8) is 0 Å². The summed E-state index contributed by atoms with van der Waals surface area (Å²) in [5, 5.41) is 2.85. The molecule has 1 aliphatic heterocycles. The molecule has 0 unspecified atom stereocenters. The summed E-state index contributed by atoms with van der Waals surface area (Å²) in [7, 11) is 0. The van der Waals surface area contributed by atoms with E-state index in [0.717, 1.165) is 31.6 Å². The van der Waals surface area contributed by atoms with E-state index in [4.69, 9.17) is 4.74 Å². The summed E-state index contributed by atoms with van der Waals surface area (Å²) < 4.78 is 31.9. The lowest BCUT2D eigenvalue weighted by Gasteiger charge is -2.10. The zero-order valence-corrected chi connectivity index (χ0v) is 13.5. The molecule has 0 bridgehead atoms. The molecule has 25 heavy (non-hydrogen) atoms. The van der Waals surface area contributed by atoms with Gasteiger partial charge in [0.05, 0.1) is 11.7 Å². The maximum absolute atomic E-state index is 13.5. The van der Waals surface area contributed by atoms with E-state index in [0.29, 0.717) is 17.7 Å². The lowest BCUT2D eigenvalue weighted by molar-refractivity contribution is 0.0858. The van der Waals surface area contributed by atoms with Crippen LogP contribution in [0.5, 0.6) is 0 Å². The second-order valence-corrected chi connectivity index (χ2v) is 5.80. The molecule has 2 aromatic carbocycles. The number of hydrogen-bond acceptors (Lipinski definition) is 2. The Morgan fingerprint density at radius 2 is 1.96 bits per heavy atom. The van der Waals surface area contributed by atoms with Crippen molar-refractivity contribution in [2.45, 2.75) is 18.9 Å². The quantitative estimate of drug-likeness (QED) is 0.870. The van der Waals surface area contributed by atoms with Crippen LogP contribution in [0.25, 0.3) is 0 Å². The van der Waals surface area contributed by atoms with Crippen molar-refractivity contribution < 1.29 is 18.3 Å². The van der Waals surface area contributed by atoms with Crippen LogP contribution in [-0.4, -0.2) is 25.2 Å². The SMILES string of the molecule is O=C(NC[C@H]1CCCO1)c1ccc(C#Cc2ccc(F)cc2F)cc1. The first-order valence-electron chi connectivity index (χ1n) is 8.09. The van der Waals surface area contributed by atoms with Gasteiger partial charge < -0.3 is 10.1 Å². The maximum Gasteiger partial charge on any atom is 0.251 e. The summed E-state index contributed by atoms with van der Waals surface area (Å²) in [5.41, 5.74) is 1.29. The zero-order valence-electron chi connectivity index (χ0n) is 13.5. The number of nitrogens with one attached hydrogen (secondary N) is 1. The van der Waals surface area contributed by atoms with Gasteiger partial charge in [-0.25, -0.2) is 8.78 Å². The van der Waals surface area contributed by atoms with Gasteiger partial charge in [0.25, 0.3) is 5.91 Å². The molecule has 0 aliphatic carbocycles.